The molecule has 0 bridgehead atoms. The lowest BCUT2D eigenvalue weighted by molar-refractivity contribution is 0.312. The summed E-state index contributed by atoms with van der Waals surface area (Å²) in [6, 6.07) is 0. The fourth-order valence-electron chi connectivity index (χ4n) is 2.07. The summed E-state index contributed by atoms with van der Waals surface area (Å²) in [6.07, 6.45) is 5.09. The van der Waals surface area contributed by atoms with Crippen molar-refractivity contribution >= 4 is 0 Å². The molecule has 5 nitrogen and oxygen atoms in total. The van der Waals surface area contributed by atoms with E-state index in [0.717, 1.165) is 44.1 Å². The zero-order valence-electron chi connectivity index (χ0n) is 9.61. The number of aromatic nitrogens is 2. The number of aryl methyl sites for hydroxylation is 1. The van der Waals surface area contributed by atoms with E-state index < -0.39 is 0 Å². The number of piperidine rings is 1. The van der Waals surface area contributed by atoms with Crippen LogP contribution in [0.3, 0.4) is 0 Å². The van der Waals surface area contributed by atoms with Crippen molar-refractivity contribution in [2.24, 2.45) is 11.7 Å². The number of nitrogens with zero attached hydrogens (tertiary/aromatic N) is 2. The van der Waals surface area contributed by atoms with Crippen molar-refractivity contribution in [1.82, 2.24) is 15.5 Å². The molecule has 0 aliphatic carbocycles. The molecule has 1 saturated heterocycles. The Morgan fingerprint density at radius 3 is 2.94 bits per heavy atom. The molecule has 0 unspecified atom stereocenters. The van der Waals surface area contributed by atoms with Crippen LogP contribution in [0.4, 0.5) is 0 Å². The molecule has 5 heteroatoms. The van der Waals surface area contributed by atoms with Crippen LogP contribution in [0, 0.1) is 5.92 Å². The molecule has 16 heavy (non-hydrogen) atoms. The number of hydrogen-bond acceptors (Lipinski definition) is 5. The summed E-state index contributed by atoms with van der Waals surface area (Å²) in [5.41, 5.74) is 5.44. The standard InChI is InChI=1S/C11H20N4O/c12-5-1-2-10-14-11(16-15-10)8-9-3-6-13-7-4-9/h9,13H,1-8,12H2. The Morgan fingerprint density at radius 1 is 1.38 bits per heavy atom. The molecular weight excluding hydrogens is 204 g/mol. The zero-order chi connectivity index (χ0) is 11.2. The Bertz CT molecular complexity index is 307. The van der Waals surface area contributed by atoms with Crippen molar-refractivity contribution in [3.8, 4) is 0 Å². The van der Waals surface area contributed by atoms with Crippen LogP contribution in [-0.2, 0) is 12.8 Å². The van der Waals surface area contributed by atoms with Gasteiger partial charge in [0.1, 0.15) is 0 Å². The first-order valence-electron chi connectivity index (χ1n) is 6.10. The molecule has 1 aromatic heterocycles. The highest BCUT2D eigenvalue weighted by molar-refractivity contribution is 4.89. The highest BCUT2D eigenvalue weighted by atomic mass is 16.5. The van der Waals surface area contributed by atoms with E-state index in [9.17, 15) is 0 Å². The number of nitrogens with two attached hydrogens (primary N) is 1. The summed E-state index contributed by atoms with van der Waals surface area (Å²) in [6.45, 7) is 2.90. The van der Waals surface area contributed by atoms with Gasteiger partial charge in [-0.2, -0.15) is 4.98 Å². The van der Waals surface area contributed by atoms with Gasteiger partial charge in [0, 0.05) is 12.8 Å². The number of rotatable bonds is 5. The van der Waals surface area contributed by atoms with Crippen molar-refractivity contribution in [3.63, 3.8) is 0 Å². The van der Waals surface area contributed by atoms with Crippen LogP contribution in [0.1, 0.15) is 31.0 Å². The van der Waals surface area contributed by atoms with Crippen LogP contribution >= 0.6 is 0 Å². The molecule has 2 rings (SSSR count). The van der Waals surface area contributed by atoms with Gasteiger partial charge < -0.3 is 15.6 Å². The van der Waals surface area contributed by atoms with Crippen LogP contribution < -0.4 is 11.1 Å². The first-order valence-corrected chi connectivity index (χ1v) is 6.10. The smallest absolute Gasteiger partial charge is 0.226 e. The molecule has 0 spiro atoms. The molecule has 0 radical (unpaired) electrons. The molecule has 1 aliphatic heterocycles. The Kier molecular flexibility index (Phi) is 4.30. The molecule has 1 aromatic rings. The summed E-state index contributed by atoms with van der Waals surface area (Å²) in [5.74, 6) is 2.29. The minimum Gasteiger partial charge on any atom is -0.339 e. The Hall–Kier alpha value is -0.940. The minimum atomic E-state index is 0.679. The average molecular weight is 224 g/mol. The first kappa shape index (κ1) is 11.5. The van der Waals surface area contributed by atoms with Gasteiger partial charge in [-0.15, -0.1) is 0 Å². The molecule has 1 aliphatic rings. The maximum Gasteiger partial charge on any atom is 0.226 e. The highest BCUT2D eigenvalue weighted by Crippen LogP contribution is 2.16. The van der Waals surface area contributed by atoms with Gasteiger partial charge >= 0.3 is 0 Å². The minimum absolute atomic E-state index is 0.679. The van der Waals surface area contributed by atoms with Gasteiger partial charge in [0.2, 0.25) is 5.89 Å². The summed E-state index contributed by atoms with van der Waals surface area (Å²) in [7, 11) is 0. The van der Waals surface area contributed by atoms with E-state index in [0.29, 0.717) is 12.5 Å². The zero-order valence-corrected chi connectivity index (χ0v) is 9.61. The van der Waals surface area contributed by atoms with Crippen LogP contribution in [0.2, 0.25) is 0 Å². The van der Waals surface area contributed by atoms with E-state index in [1.807, 2.05) is 0 Å². The third-order valence-electron chi connectivity index (χ3n) is 3.04. The average Bonchev–Trinajstić information content (AvgIpc) is 2.75. The fourth-order valence-corrected chi connectivity index (χ4v) is 2.07. The van der Waals surface area contributed by atoms with Gasteiger partial charge in [0.25, 0.3) is 0 Å². The summed E-state index contributed by atoms with van der Waals surface area (Å²) < 4.78 is 5.24. The molecule has 0 atom stereocenters. The monoisotopic (exact) mass is 224 g/mol. The van der Waals surface area contributed by atoms with Gasteiger partial charge in [0.15, 0.2) is 5.82 Å². The molecule has 90 valence electrons. The van der Waals surface area contributed by atoms with E-state index in [-0.39, 0.29) is 0 Å². The molecule has 1 fully saturated rings. The second kappa shape index (κ2) is 5.96. The normalized spacial score (nSPS) is 17.8. The molecule has 0 aromatic carbocycles. The molecule has 0 amide bonds. The quantitative estimate of drug-likeness (QED) is 0.761. The predicted octanol–water partition coefficient (Wildman–Crippen LogP) is 0.503. The third-order valence-corrected chi connectivity index (χ3v) is 3.04. The van der Waals surface area contributed by atoms with Crippen LogP contribution in [0.5, 0.6) is 0 Å². The van der Waals surface area contributed by atoms with Crippen molar-refractivity contribution in [2.45, 2.75) is 32.1 Å². The summed E-state index contributed by atoms with van der Waals surface area (Å²) in [4.78, 5) is 4.39. The van der Waals surface area contributed by atoms with E-state index in [2.05, 4.69) is 15.5 Å². The lowest BCUT2D eigenvalue weighted by Gasteiger charge is -2.20. The number of nitrogens with one attached hydrogen (secondary N) is 1. The van der Waals surface area contributed by atoms with Gasteiger partial charge in [-0.25, -0.2) is 0 Å². The van der Waals surface area contributed by atoms with Crippen molar-refractivity contribution < 1.29 is 4.52 Å². The van der Waals surface area contributed by atoms with E-state index in [1.165, 1.54) is 12.8 Å². The second-order valence-corrected chi connectivity index (χ2v) is 4.39. The van der Waals surface area contributed by atoms with Gasteiger partial charge in [-0.05, 0) is 44.8 Å². The molecule has 2 heterocycles. The lowest BCUT2D eigenvalue weighted by atomic mass is 9.95. The summed E-state index contributed by atoms with van der Waals surface area (Å²) in [5, 5.41) is 7.31. The topological polar surface area (TPSA) is 77.0 Å². The Morgan fingerprint density at radius 2 is 2.19 bits per heavy atom. The fraction of sp³-hybridized carbons (Fsp3) is 0.818. The second-order valence-electron chi connectivity index (χ2n) is 4.39. The predicted molar refractivity (Wildman–Crippen MR) is 61.0 cm³/mol. The number of hydrogen-bond donors (Lipinski definition) is 2. The lowest BCUT2D eigenvalue weighted by Crippen LogP contribution is -2.28. The van der Waals surface area contributed by atoms with Crippen LogP contribution in [-0.4, -0.2) is 29.8 Å². The maximum absolute atomic E-state index is 5.44. The van der Waals surface area contributed by atoms with Crippen molar-refractivity contribution in [2.75, 3.05) is 19.6 Å². The van der Waals surface area contributed by atoms with Crippen LogP contribution in [0.25, 0.3) is 0 Å². The Labute approximate surface area is 95.8 Å². The first-order chi connectivity index (χ1) is 7.88. The van der Waals surface area contributed by atoms with Crippen molar-refractivity contribution in [3.05, 3.63) is 11.7 Å². The molecule has 3 N–H and O–H groups in total. The maximum atomic E-state index is 5.44. The van der Waals surface area contributed by atoms with E-state index in [1.54, 1.807) is 0 Å². The SMILES string of the molecule is NCCCc1noc(CC2CCNCC2)n1. The van der Waals surface area contributed by atoms with Crippen molar-refractivity contribution in [1.29, 1.82) is 0 Å². The molecular formula is C11H20N4O. The van der Waals surface area contributed by atoms with Crippen LogP contribution in [0.15, 0.2) is 4.52 Å². The van der Waals surface area contributed by atoms with Gasteiger partial charge in [0.05, 0.1) is 0 Å². The molecule has 0 saturated carbocycles. The third kappa shape index (κ3) is 3.28. The summed E-state index contributed by atoms with van der Waals surface area (Å²) >= 11 is 0. The highest BCUT2D eigenvalue weighted by Gasteiger charge is 2.16. The Balaban J connectivity index is 1.81. The van der Waals surface area contributed by atoms with E-state index in [4.69, 9.17) is 10.3 Å². The van der Waals surface area contributed by atoms with E-state index >= 15 is 0 Å². The largest absolute Gasteiger partial charge is 0.339 e. The van der Waals surface area contributed by atoms with Gasteiger partial charge in [-0.1, -0.05) is 5.16 Å². The van der Waals surface area contributed by atoms with Gasteiger partial charge in [-0.3, -0.25) is 0 Å².